The Morgan fingerprint density at radius 3 is 1.95 bits per heavy atom. The molecule has 1 heterocycles. The van der Waals surface area contributed by atoms with Crippen LogP contribution in [0.3, 0.4) is 0 Å². The van der Waals surface area contributed by atoms with E-state index < -0.39 is 8.07 Å². The van der Waals surface area contributed by atoms with Crippen molar-refractivity contribution in [3.8, 4) is 11.3 Å². The summed E-state index contributed by atoms with van der Waals surface area (Å²) in [6.07, 6.45) is 4.91. The van der Waals surface area contributed by atoms with Crippen molar-refractivity contribution in [2.75, 3.05) is 0 Å². The molecule has 0 amide bonds. The quantitative estimate of drug-likeness (QED) is 0.0796. The SMILES string of the molecule is CC(C)(C)c1cc(-c2cc([Si](C)(C)C)c3ccccc3n2)[c-]c2ccccc12.CCC(CC)C(=O)/C=C(\O)C(CC)CC.[Ir]. The van der Waals surface area contributed by atoms with Crippen LogP contribution in [0.15, 0.2) is 72.5 Å². The monoisotopic (exact) mass is 787 g/mol. The minimum absolute atomic E-state index is 0. The third kappa shape index (κ3) is 9.22. The first kappa shape index (κ1) is 37.6. The number of hydrogen-bond donors (Lipinski definition) is 1. The Labute approximate surface area is 281 Å². The second-order valence-electron chi connectivity index (χ2n) is 13.7. The van der Waals surface area contributed by atoms with Crippen LogP contribution in [0.4, 0.5) is 0 Å². The molecule has 5 heteroatoms. The summed E-state index contributed by atoms with van der Waals surface area (Å²) >= 11 is 0. The normalized spacial score (nSPS) is 12.3. The smallest absolute Gasteiger partial charge is 0.162 e. The molecule has 0 aliphatic rings. The average molecular weight is 787 g/mol. The molecular weight excluding hydrogens is 735 g/mol. The van der Waals surface area contributed by atoms with Crippen molar-refractivity contribution in [1.29, 1.82) is 0 Å². The standard InChI is InChI=1S/C26H28NSi.C13H24O2.Ir/c1-26(2,3)22-16-19(15-18-11-7-8-12-20(18)22)24-17-25(28(4,5)6)21-13-9-10-14-23(21)27-24;1-5-10(6-2)12(14)9-13(15)11(7-3)8-4;/h7-14,16-17H,1-6H3;9-11,14H,5-8H2,1-4H3;/q-1;;/b;12-9-;. The zero-order valence-electron chi connectivity index (χ0n) is 28.5. The van der Waals surface area contributed by atoms with Crippen molar-refractivity contribution in [3.05, 3.63) is 84.1 Å². The van der Waals surface area contributed by atoms with Crippen molar-refractivity contribution >= 4 is 40.7 Å². The van der Waals surface area contributed by atoms with E-state index in [-0.39, 0.29) is 48.9 Å². The first-order valence-electron chi connectivity index (χ1n) is 16.1. The summed E-state index contributed by atoms with van der Waals surface area (Å²) < 4.78 is 0. The summed E-state index contributed by atoms with van der Waals surface area (Å²) in [6.45, 7) is 22.1. The van der Waals surface area contributed by atoms with Gasteiger partial charge in [0.05, 0.1) is 19.3 Å². The van der Waals surface area contributed by atoms with E-state index in [9.17, 15) is 9.90 Å². The van der Waals surface area contributed by atoms with Crippen molar-refractivity contribution < 1.29 is 30.0 Å². The molecule has 44 heavy (non-hydrogen) atoms. The Kier molecular flexibility index (Phi) is 13.8. The van der Waals surface area contributed by atoms with Gasteiger partial charge in [-0.05, 0) is 42.6 Å². The zero-order chi connectivity index (χ0) is 31.9. The van der Waals surface area contributed by atoms with Crippen LogP contribution >= 0.6 is 0 Å². The molecule has 4 aromatic rings. The molecule has 0 spiro atoms. The number of ketones is 1. The van der Waals surface area contributed by atoms with Gasteiger partial charge in [-0.15, -0.1) is 29.1 Å². The van der Waals surface area contributed by atoms with Gasteiger partial charge in [-0.1, -0.05) is 127 Å². The van der Waals surface area contributed by atoms with E-state index in [0.717, 1.165) is 47.8 Å². The topological polar surface area (TPSA) is 50.2 Å². The molecule has 0 aliphatic carbocycles. The maximum absolute atomic E-state index is 11.7. The van der Waals surface area contributed by atoms with Gasteiger partial charge in [0.2, 0.25) is 0 Å². The minimum Gasteiger partial charge on any atom is -0.512 e. The Hall–Kier alpha value is -2.59. The van der Waals surface area contributed by atoms with Gasteiger partial charge >= 0.3 is 0 Å². The van der Waals surface area contributed by atoms with Crippen molar-refractivity contribution in [2.45, 2.75) is 99.2 Å². The van der Waals surface area contributed by atoms with Crippen molar-refractivity contribution in [3.63, 3.8) is 0 Å². The number of carbonyl (C=O) groups excluding carboxylic acids is 1. The fourth-order valence-corrected chi connectivity index (χ4v) is 7.29. The second kappa shape index (κ2) is 16.1. The van der Waals surface area contributed by atoms with E-state index in [1.165, 1.54) is 27.6 Å². The molecule has 3 aromatic carbocycles. The summed E-state index contributed by atoms with van der Waals surface area (Å²) in [6, 6.07) is 25.4. The Bertz CT molecular complexity index is 1480. The number of para-hydroxylation sites is 1. The molecule has 239 valence electrons. The molecule has 0 saturated carbocycles. The van der Waals surface area contributed by atoms with Crippen LogP contribution in [0, 0.1) is 17.9 Å². The van der Waals surface area contributed by atoms with Gasteiger partial charge < -0.3 is 5.11 Å². The van der Waals surface area contributed by atoms with Gasteiger partial charge in [-0.25, -0.2) is 0 Å². The van der Waals surface area contributed by atoms with Gasteiger partial charge in [0, 0.05) is 43.7 Å². The maximum atomic E-state index is 11.7. The number of nitrogens with zero attached hydrogens (tertiary/aromatic N) is 1. The van der Waals surface area contributed by atoms with Crippen LogP contribution in [-0.4, -0.2) is 23.9 Å². The zero-order valence-corrected chi connectivity index (χ0v) is 31.9. The van der Waals surface area contributed by atoms with Gasteiger partial charge in [0.15, 0.2) is 5.78 Å². The predicted molar refractivity (Wildman–Crippen MR) is 189 cm³/mol. The van der Waals surface area contributed by atoms with Crippen LogP contribution < -0.4 is 5.19 Å². The molecule has 0 unspecified atom stereocenters. The first-order valence-corrected chi connectivity index (χ1v) is 19.6. The van der Waals surface area contributed by atoms with Crippen LogP contribution in [0.25, 0.3) is 32.9 Å². The van der Waals surface area contributed by atoms with Gasteiger partial charge in [0.1, 0.15) is 0 Å². The molecule has 0 bridgehead atoms. The van der Waals surface area contributed by atoms with Gasteiger partial charge in [0.25, 0.3) is 0 Å². The Morgan fingerprint density at radius 2 is 1.41 bits per heavy atom. The van der Waals surface area contributed by atoms with E-state index in [1.807, 2.05) is 27.7 Å². The first-order chi connectivity index (χ1) is 20.2. The molecule has 1 radical (unpaired) electrons. The fourth-order valence-electron chi connectivity index (χ4n) is 5.70. The summed E-state index contributed by atoms with van der Waals surface area (Å²) in [5, 5.41) is 15.0. The number of pyridine rings is 1. The Morgan fingerprint density at radius 1 is 0.864 bits per heavy atom. The molecule has 1 aromatic heterocycles. The van der Waals surface area contributed by atoms with Crippen LogP contribution in [0.5, 0.6) is 0 Å². The van der Waals surface area contributed by atoms with E-state index >= 15 is 0 Å². The van der Waals surface area contributed by atoms with Gasteiger partial charge in [-0.2, -0.15) is 0 Å². The summed E-state index contributed by atoms with van der Waals surface area (Å²) in [7, 11) is -1.52. The van der Waals surface area contributed by atoms with Gasteiger partial charge in [-0.3, -0.25) is 9.78 Å². The van der Waals surface area contributed by atoms with Crippen LogP contribution in [-0.2, 0) is 30.3 Å². The maximum Gasteiger partial charge on any atom is 0.162 e. The molecule has 0 atom stereocenters. The molecule has 3 nitrogen and oxygen atoms in total. The molecule has 0 aliphatic heterocycles. The molecule has 1 N–H and O–H groups in total. The predicted octanol–water partition coefficient (Wildman–Crippen LogP) is 10.6. The largest absolute Gasteiger partial charge is 0.512 e. The van der Waals surface area contributed by atoms with E-state index in [4.69, 9.17) is 4.98 Å². The number of fused-ring (bicyclic) bond motifs is 2. The third-order valence-electron chi connectivity index (χ3n) is 8.47. The number of aliphatic hydroxyl groups is 1. The fraction of sp³-hybridized carbons (Fsp3) is 0.436. The van der Waals surface area contributed by atoms with Crippen LogP contribution in [0.1, 0.15) is 79.7 Å². The molecule has 4 rings (SSSR count). The number of hydrogen-bond acceptors (Lipinski definition) is 3. The minimum atomic E-state index is -1.52. The summed E-state index contributed by atoms with van der Waals surface area (Å²) in [5.41, 5.74) is 4.61. The van der Waals surface area contributed by atoms with Crippen LogP contribution in [0.2, 0.25) is 19.6 Å². The molecular formula is C39H52IrNO2Si-. The number of carbonyl (C=O) groups is 1. The van der Waals surface area contributed by atoms with E-state index in [2.05, 4.69) is 107 Å². The van der Waals surface area contributed by atoms with E-state index in [1.54, 1.807) is 0 Å². The third-order valence-corrected chi connectivity index (χ3v) is 10.5. The summed E-state index contributed by atoms with van der Waals surface area (Å²) in [5.74, 6) is 0.547. The second-order valence-corrected chi connectivity index (χ2v) is 18.8. The van der Waals surface area contributed by atoms with Crippen molar-refractivity contribution in [1.82, 2.24) is 4.98 Å². The Balaban J connectivity index is 0.000000363. The number of aliphatic hydroxyl groups excluding tert-OH is 1. The average Bonchev–Trinajstić information content (AvgIpc) is 2.96. The summed E-state index contributed by atoms with van der Waals surface area (Å²) in [4.78, 5) is 16.8. The number of allylic oxidation sites excluding steroid dienone is 2. The molecule has 0 saturated heterocycles. The molecule has 0 fully saturated rings. The van der Waals surface area contributed by atoms with E-state index in [0.29, 0.717) is 0 Å². The number of rotatable bonds is 9. The van der Waals surface area contributed by atoms with Crippen molar-refractivity contribution in [2.24, 2.45) is 11.8 Å². The number of aromatic nitrogens is 1. The number of benzene rings is 3.